The Kier molecular flexibility index (Phi) is 8.00. The van der Waals surface area contributed by atoms with Crippen molar-refractivity contribution in [3.05, 3.63) is 121 Å². The number of likely N-dealkylation sites (N-methyl/N-ethyl adjacent to an activating group) is 3. The average molecular weight is 662 g/mol. The summed E-state index contributed by atoms with van der Waals surface area (Å²) in [7, 11) is 1.87. The van der Waals surface area contributed by atoms with E-state index < -0.39 is 22.0 Å². The highest BCUT2D eigenvalue weighted by Crippen LogP contribution is 2.55. The van der Waals surface area contributed by atoms with Crippen molar-refractivity contribution in [1.82, 2.24) is 0 Å². The van der Waals surface area contributed by atoms with E-state index in [1.807, 2.05) is 44.0 Å². The summed E-state index contributed by atoms with van der Waals surface area (Å²) in [4.78, 5) is 33.7. The molecule has 3 aliphatic heterocycles. The first-order valence-corrected chi connectivity index (χ1v) is 16.9. The molecule has 2 N–H and O–H groups in total. The standard InChI is InChI=1S/C24H30N2.C17H17NO5/c1-9-25-15(3)23(5,6)19-13-12-18-17(21(19)25)11-14-20-22(18)26(10-2)16(4)24(20,7)8;1-17(2)11-6-9(8-23-22)4-5-12(11)18(3)13(17)7-10-14(19)16(21)15(10)20/h11-14H,3-4,9-10H2,1-2,5-8H3;4-7,19,22H,8H2,1-3H3. The molecule has 0 bridgehead atoms. The Balaban J connectivity index is 0.000000171. The molecule has 0 radical (unpaired) electrons. The predicted octanol–water partition coefficient (Wildman–Crippen LogP) is 7.85. The molecule has 0 amide bonds. The third kappa shape index (κ3) is 4.71. The molecule has 0 aromatic heterocycles. The van der Waals surface area contributed by atoms with Crippen LogP contribution in [0.2, 0.25) is 0 Å². The largest absolute Gasteiger partial charge is 0.504 e. The van der Waals surface area contributed by atoms with Crippen molar-refractivity contribution in [3.8, 4) is 5.75 Å². The molecular formula is C41H47N3O5. The van der Waals surface area contributed by atoms with Crippen molar-refractivity contribution < 1.29 is 15.3 Å². The summed E-state index contributed by atoms with van der Waals surface area (Å²) in [5, 5.41) is 20.9. The van der Waals surface area contributed by atoms with Crippen LogP contribution < -0.4 is 25.6 Å². The van der Waals surface area contributed by atoms with Crippen LogP contribution >= 0.6 is 0 Å². The molecule has 256 valence electrons. The zero-order valence-corrected chi connectivity index (χ0v) is 30.1. The topological polar surface area (TPSA) is 93.6 Å². The average Bonchev–Trinajstić information content (AvgIpc) is 3.49. The second-order valence-electron chi connectivity index (χ2n) is 14.9. The van der Waals surface area contributed by atoms with Gasteiger partial charge >= 0.3 is 0 Å². The molecule has 8 nitrogen and oxygen atoms in total. The first-order valence-electron chi connectivity index (χ1n) is 16.9. The van der Waals surface area contributed by atoms with Gasteiger partial charge in [-0.2, -0.15) is 0 Å². The maximum absolute atomic E-state index is 11.6. The van der Waals surface area contributed by atoms with E-state index in [1.165, 1.54) is 44.7 Å². The summed E-state index contributed by atoms with van der Waals surface area (Å²) >= 11 is 0. The van der Waals surface area contributed by atoms with E-state index in [2.05, 4.69) is 93.7 Å². The number of allylic oxidation sites excluding steroid dienone is 3. The predicted molar refractivity (Wildman–Crippen MR) is 201 cm³/mol. The minimum Gasteiger partial charge on any atom is -0.504 e. The fourth-order valence-electron chi connectivity index (χ4n) is 8.09. The van der Waals surface area contributed by atoms with Gasteiger partial charge in [0.1, 0.15) is 6.61 Å². The summed E-state index contributed by atoms with van der Waals surface area (Å²) in [6.07, 6.45) is 1.57. The normalized spacial score (nSPS) is 19.1. The van der Waals surface area contributed by atoms with Crippen LogP contribution in [0.1, 0.15) is 83.2 Å². The van der Waals surface area contributed by atoms with Crippen LogP contribution in [0, 0.1) is 0 Å². The second kappa shape index (κ2) is 11.5. The number of aromatic hydroxyl groups is 1. The lowest BCUT2D eigenvalue weighted by Crippen LogP contribution is -2.33. The molecule has 3 heterocycles. The summed E-state index contributed by atoms with van der Waals surface area (Å²) in [6.45, 7) is 28.4. The lowest BCUT2D eigenvalue weighted by atomic mass is 9.81. The minimum atomic E-state index is -0.838. The van der Waals surface area contributed by atoms with Gasteiger partial charge in [-0.3, -0.25) is 14.8 Å². The van der Waals surface area contributed by atoms with Gasteiger partial charge in [-0.05, 0) is 48.2 Å². The molecule has 0 spiro atoms. The highest BCUT2D eigenvalue weighted by Gasteiger charge is 2.43. The lowest BCUT2D eigenvalue weighted by molar-refractivity contribution is -0.253. The van der Waals surface area contributed by atoms with Gasteiger partial charge in [-0.15, -0.1) is 0 Å². The Labute approximate surface area is 288 Å². The Hall–Kier alpha value is -4.66. The first kappa shape index (κ1) is 34.2. The first-order chi connectivity index (χ1) is 23.0. The van der Waals surface area contributed by atoms with Gasteiger partial charge in [0.15, 0.2) is 5.75 Å². The van der Waals surface area contributed by atoms with Gasteiger partial charge in [-0.25, -0.2) is 4.89 Å². The number of rotatable bonds is 5. The number of anilines is 3. The third-order valence-corrected chi connectivity index (χ3v) is 11.3. The fourth-order valence-corrected chi connectivity index (χ4v) is 8.09. The molecule has 4 aromatic rings. The maximum atomic E-state index is 11.6. The highest BCUT2D eigenvalue weighted by atomic mass is 17.1. The van der Waals surface area contributed by atoms with Gasteiger partial charge < -0.3 is 19.8 Å². The van der Waals surface area contributed by atoms with E-state index in [1.54, 1.807) is 6.08 Å². The third-order valence-electron chi connectivity index (χ3n) is 11.3. The summed E-state index contributed by atoms with van der Waals surface area (Å²) in [6, 6.07) is 15.0. The number of hydrogen-bond acceptors (Lipinski definition) is 8. The highest BCUT2D eigenvalue weighted by molar-refractivity contribution is 6.08. The van der Waals surface area contributed by atoms with Gasteiger partial charge in [0.05, 0.1) is 16.9 Å². The monoisotopic (exact) mass is 661 g/mol. The van der Waals surface area contributed by atoms with Crippen molar-refractivity contribution in [2.24, 2.45) is 0 Å². The molecule has 0 atom stereocenters. The molecule has 49 heavy (non-hydrogen) atoms. The molecule has 0 aliphatic carbocycles. The second-order valence-corrected chi connectivity index (χ2v) is 14.9. The minimum absolute atomic E-state index is 0.0220. The number of hydrogen-bond donors (Lipinski definition) is 2. The van der Waals surface area contributed by atoms with Crippen LogP contribution in [-0.2, 0) is 27.7 Å². The lowest BCUT2D eigenvalue weighted by Gasteiger charge is -2.25. The van der Waals surface area contributed by atoms with Gasteiger partial charge in [0.2, 0.25) is 5.43 Å². The van der Waals surface area contributed by atoms with Crippen molar-refractivity contribution in [3.63, 3.8) is 0 Å². The Bertz CT molecular complexity index is 2080. The van der Waals surface area contributed by atoms with Crippen LogP contribution in [0.15, 0.2) is 82.3 Å². The van der Waals surface area contributed by atoms with E-state index in [-0.39, 0.29) is 23.0 Å². The SMILES string of the molecule is C=C1N(CC)c2c(ccc3c4c(ccc23)C(C)(C)C(=C)N4CC)C1(C)C.CN1C(=Cc2c(O)c(=O)c2=O)C(C)(C)c2cc(COO)ccc21. The van der Waals surface area contributed by atoms with Crippen molar-refractivity contribution in [1.29, 1.82) is 0 Å². The van der Waals surface area contributed by atoms with Crippen LogP contribution in [0.5, 0.6) is 5.75 Å². The maximum Gasteiger partial charge on any atom is 0.268 e. The molecule has 0 saturated heterocycles. The molecular weight excluding hydrogens is 614 g/mol. The number of nitrogens with zero attached hydrogens (tertiary/aromatic N) is 3. The molecule has 7 rings (SSSR count). The molecule has 4 aromatic carbocycles. The van der Waals surface area contributed by atoms with Crippen LogP contribution in [-0.4, -0.2) is 30.5 Å². The zero-order valence-electron chi connectivity index (χ0n) is 30.1. The quantitative estimate of drug-likeness (QED) is 0.127. The van der Waals surface area contributed by atoms with Gasteiger partial charge in [-0.1, -0.05) is 91.1 Å². The Morgan fingerprint density at radius 3 is 1.71 bits per heavy atom. The summed E-state index contributed by atoms with van der Waals surface area (Å²) in [5.41, 5.74) is 9.52. The molecule has 0 saturated carbocycles. The molecule has 3 aliphatic rings. The zero-order chi connectivity index (χ0) is 36.0. The van der Waals surface area contributed by atoms with Crippen molar-refractivity contribution >= 4 is 33.9 Å². The van der Waals surface area contributed by atoms with Crippen molar-refractivity contribution in [2.45, 2.75) is 78.2 Å². The smallest absolute Gasteiger partial charge is 0.268 e. The number of fused-ring (bicyclic) bond motifs is 6. The van der Waals surface area contributed by atoms with E-state index in [9.17, 15) is 14.7 Å². The van der Waals surface area contributed by atoms with Crippen molar-refractivity contribution in [2.75, 3.05) is 34.8 Å². The molecule has 0 fully saturated rings. The van der Waals surface area contributed by atoms with E-state index in [4.69, 9.17) is 5.26 Å². The fraction of sp³-hybridized carbons (Fsp3) is 0.366. The number of benzene rings is 3. The van der Waals surface area contributed by atoms with E-state index in [0.29, 0.717) is 0 Å². The van der Waals surface area contributed by atoms with Gasteiger partial charge in [0.25, 0.3) is 5.43 Å². The Morgan fingerprint density at radius 1 is 0.755 bits per heavy atom. The summed E-state index contributed by atoms with van der Waals surface area (Å²) < 4.78 is 0. The summed E-state index contributed by atoms with van der Waals surface area (Å²) in [5.74, 6) is -0.475. The van der Waals surface area contributed by atoms with Crippen LogP contribution in [0.3, 0.4) is 0 Å². The molecule has 8 heteroatoms. The van der Waals surface area contributed by atoms with E-state index >= 15 is 0 Å². The van der Waals surface area contributed by atoms with Gasteiger partial charge in [0, 0.05) is 69.9 Å². The van der Waals surface area contributed by atoms with Crippen LogP contribution in [0.25, 0.3) is 16.8 Å². The Morgan fingerprint density at radius 2 is 1.27 bits per heavy atom. The van der Waals surface area contributed by atoms with E-state index in [0.717, 1.165) is 35.6 Å². The molecule has 0 unspecified atom stereocenters. The van der Waals surface area contributed by atoms with Crippen LogP contribution in [0.4, 0.5) is 17.1 Å².